The summed E-state index contributed by atoms with van der Waals surface area (Å²) in [6, 6.07) is 0. The Balaban J connectivity index is 4.10. The summed E-state index contributed by atoms with van der Waals surface area (Å²) in [5, 5.41) is 0. The Labute approximate surface area is 476 Å². The lowest BCUT2D eigenvalue weighted by Crippen LogP contribution is -2.30. The van der Waals surface area contributed by atoms with Crippen LogP contribution in [0.3, 0.4) is 0 Å². The minimum Gasteiger partial charge on any atom is -0.462 e. The van der Waals surface area contributed by atoms with Crippen LogP contribution < -0.4 is 0 Å². The van der Waals surface area contributed by atoms with Crippen LogP contribution in [0.25, 0.3) is 0 Å². The predicted octanol–water partition coefficient (Wildman–Crippen LogP) is 22.2. The maximum atomic E-state index is 12.9. The van der Waals surface area contributed by atoms with Crippen LogP contribution >= 0.6 is 0 Å². The zero-order valence-electron chi connectivity index (χ0n) is 50.4. The Morgan fingerprint density at radius 3 is 0.792 bits per heavy atom. The number of hydrogen-bond acceptors (Lipinski definition) is 6. The average Bonchev–Trinajstić information content (AvgIpc) is 3.43. The fraction of sp³-hybridized carbons (Fsp3) is 0.704. The standard InChI is InChI=1S/C71H120O6/c1-4-7-10-13-16-18-20-22-24-26-28-30-31-32-33-34-35-36-37-38-39-41-42-44-46-48-50-52-55-58-61-64-70(73)76-67-68(66-75-69(72)63-60-57-54-15-12-9-6-3)77-71(74)65-62-59-56-53-51-49-47-45-43-40-29-27-25-23-21-19-17-14-11-8-5-2/h7-8,10-11,16-19,22-25,28-30,40,45,47,68H,4-6,9,12-15,20-21,26-27,31-39,41-44,46,48-67H2,1-3H3/b10-7-,11-8-,18-16-,19-17-,24-22-,25-23-,30-28-,40-29-,47-45-. The molecule has 0 aromatic heterocycles. The van der Waals surface area contributed by atoms with Crippen LogP contribution in [0, 0.1) is 0 Å². The van der Waals surface area contributed by atoms with Crippen LogP contribution in [0.15, 0.2) is 109 Å². The van der Waals surface area contributed by atoms with E-state index in [-0.39, 0.29) is 31.1 Å². The Hall–Kier alpha value is -3.93. The van der Waals surface area contributed by atoms with Gasteiger partial charge in [-0.05, 0) is 103 Å². The van der Waals surface area contributed by atoms with Gasteiger partial charge in [-0.25, -0.2) is 0 Å². The van der Waals surface area contributed by atoms with Crippen LogP contribution in [-0.2, 0) is 28.6 Å². The van der Waals surface area contributed by atoms with Gasteiger partial charge in [0.2, 0.25) is 0 Å². The van der Waals surface area contributed by atoms with E-state index in [1.165, 1.54) is 128 Å². The summed E-state index contributed by atoms with van der Waals surface area (Å²) >= 11 is 0. The zero-order chi connectivity index (χ0) is 55.7. The Morgan fingerprint density at radius 2 is 0.506 bits per heavy atom. The van der Waals surface area contributed by atoms with Crippen LogP contribution in [-0.4, -0.2) is 37.2 Å². The molecule has 0 saturated carbocycles. The van der Waals surface area contributed by atoms with E-state index in [0.717, 1.165) is 135 Å². The Kier molecular flexibility index (Phi) is 61.3. The molecular weight excluding hydrogens is 949 g/mol. The number of rotatable bonds is 58. The molecule has 6 nitrogen and oxygen atoms in total. The smallest absolute Gasteiger partial charge is 0.306 e. The summed E-state index contributed by atoms with van der Waals surface area (Å²) in [5.74, 6) is -0.901. The quantitative estimate of drug-likeness (QED) is 0.0261. The lowest BCUT2D eigenvalue weighted by atomic mass is 10.0. The van der Waals surface area contributed by atoms with Gasteiger partial charge in [0.25, 0.3) is 0 Å². The molecule has 0 saturated heterocycles. The number of esters is 3. The molecule has 0 spiro atoms. The third kappa shape index (κ3) is 62.8. The van der Waals surface area contributed by atoms with Crippen molar-refractivity contribution >= 4 is 17.9 Å². The topological polar surface area (TPSA) is 78.9 Å². The molecule has 0 rings (SSSR count). The van der Waals surface area contributed by atoms with Gasteiger partial charge in [0, 0.05) is 19.3 Å². The maximum Gasteiger partial charge on any atom is 0.306 e. The summed E-state index contributed by atoms with van der Waals surface area (Å²) in [5.41, 5.74) is 0. The summed E-state index contributed by atoms with van der Waals surface area (Å²) in [6.07, 6.45) is 88.5. The molecule has 0 aliphatic rings. The highest BCUT2D eigenvalue weighted by Gasteiger charge is 2.19. The number of carbonyl (C=O) groups excluding carboxylic acids is 3. The van der Waals surface area contributed by atoms with E-state index in [9.17, 15) is 14.4 Å². The number of carbonyl (C=O) groups is 3. The van der Waals surface area contributed by atoms with Crippen molar-refractivity contribution in [3.63, 3.8) is 0 Å². The predicted molar refractivity (Wildman–Crippen MR) is 334 cm³/mol. The second kappa shape index (κ2) is 64.6. The summed E-state index contributed by atoms with van der Waals surface area (Å²) < 4.78 is 16.8. The molecule has 1 unspecified atom stereocenters. The fourth-order valence-electron chi connectivity index (χ4n) is 8.99. The summed E-state index contributed by atoms with van der Waals surface area (Å²) in [4.78, 5) is 38.1. The first kappa shape index (κ1) is 73.1. The van der Waals surface area contributed by atoms with Gasteiger partial charge in [-0.1, -0.05) is 291 Å². The minimum absolute atomic E-state index is 0.0836. The van der Waals surface area contributed by atoms with Gasteiger partial charge in [0.1, 0.15) is 13.2 Å². The molecule has 77 heavy (non-hydrogen) atoms. The first-order chi connectivity index (χ1) is 38.0. The van der Waals surface area contributed by atoms with Crippen molar-refractivity contribution in [1.29, 1.82) is 0 Å². The average molecular weight is 1070 g/mol. The van der Waals surface area contributed by atoms with E-state index < -0.39 is 6.10 Å². The number of allylic oxidation sites excluding steroid dienone is 18. The van der Waals surface area contributed by atoms with E-state index in [1.54, 1.807) is 0 Å². The molecule has 0 radical (unpaired) electrons. The highest BCUT2D eigenvalue weighted by molar-refractivity contribution is 5.71. The van der Waals surface area contributed by atoms with Crippen LogP contribution in [0.2, 0.25) is 0 Å². The van der Waals surface area contributed by atoms with Gasteiger partial charge in [0.15, 0.2) is 6.10 Å². The van der Waals surface area contributed by atoms with Crippen molar-refractivity contribution < 1.29 is 28.6 Å². The van der Waals surface area contributed by atoms with Gasteiger partial charge in [-0.15, -0.1) is 0 Å². The highest BCUT2D eigenvalue weighted by atomic mass is 16.6. The van der Waals surface area contributed by atoms with E-state index in [2.05, 4.69) is 130 Å². The van der Waals surface area contributed by atoms with Gasteiger partial charge >= 0.3 is 17.9 Å². The lowest BCUT2D eigenvalue weighted by molar-refractivity contribution is -0.167. The molecular formula is C71H120O6. The van der Waals surface area contributed by atoms with Crippen molar-refractivity contribution in [2.75, 3.05) is 13.2 Å². The van der Waals surface area contributed by atoms with Crippen molar-refractivity contribution in [1.82, 2.24) is 0 Å². The minimum atomic E-state index is -0.786. The fourth-order valence-corrected chi connectivity index (χ4v) is 8.99. The van der Waals surface area contributed by atoms with Crippen molar-refractivity contribution in [3.8, 4) is 0 Å². The molecule has 0 bridgehead atoms. The maximum absolute atomic E-state index is 12.9. The van der Waals surface area contributed by atoms with Crippen molar-refractivity contribution in [2.24, 2.45) is 0 Å². The zero-order valence-corrected chi connectivity index (χ0v) is 50.4. The number of hydrogen-bond donors (Lipinski definition) is 0. The number of ether oxygens (including phenoxy) is 3. The van der Waals surface area contributed by atoms with Crippen LogP contribution in [0.5, 0.6) is 0 Å². The van der Waals surface area contributed by atoms with E-state index >= 15 is 0 Å². The molecule has 0 amide bonds. The largest absolute Gasteiger partial charge is 0.462 e. The third-order valence-electron chi connectivity index (χ3n) is 13.8. The first-order valence-corrected chi connectivity index (χ1v) is 32.4. The van der Waals surface area contributed by atoms with Crippen LogP contribution in [0.4, 0.5) is 0 Å². The summed E-state index contributed by atoms with van der Waals surface area (Å²) in [6.45, 7) is 6.37. The lowest BCUT2D eigenvalue weighted by Gasteiger charge is -2.18. The first-order valence-electron chi connectivity index (χ1n) is 32.4. The van der Waals surface area contributed by atoms with Crippen molar-refractivity contribution in [2.45, 2.75) is 309 Å². The number of unbranched alkanes of at least 4 members (excludes halogenated alkanes) is 29. The third-order valence-corrected chi connectivity index (χ3v) is 13.8. The molecule has 440 valence electrons. The Morgan fingerprint density at radius 1 is 0.273 bits per heavy atom. The van der Waals surface area contributed by atoms with Gasteiger partial charge in [-0.2, -0.15) is 0 Å². The highest BCUT2D eigenvalue weighted by Crippen LogP contribution is 2.17. The van der Waals surface area contributed by atoms with Crippen LogP contribution in [0.1, 0.15) is 303 Å². The van der Waals surface area contributed by atoms with E-state index in [4.69, 9.17) is 14.2 Å². The molecule has 0 aliphatic heterocycles. The van der Waals surface area contributed by atoms with Crippen molar-refractivity contribution in [3.05, 3.63) is 109 Å². The van der Waals surface area contributed by atoms with E-state index in [0.29, 0.717) is 19.3 Å². The molecule has 0 N–H and O–H groups in total. The molecule has 0 heterocycles. The molecule has 0 aromatic rings. The SMILES string of the molecule is CC/C=C\C/C=C\C/C=C\C/C=C\C/C=C\CCCCCCCC(=O)OC(COC(=O)CCCCCCCCC)COC(=O)CCCCCCCCCCCCCCCCCCCC/C=C\C/C=C\C/C=C\C/C=C\CC. The second-order valence-electron chi connectivity index (χ2n) is 21.3. The molecule has 0 aliphatic carbocycles. The molecule has 1 atom stereocenters. The van der Waals surface area contributed by atoms with Gasteiger partial charge in [0.05, 0.1) is 0 Å². The second-order valence-corrected chi connectivity index (χ2v) is 21.3. The molecule has 0 fully saturated rings. The van der Waals surface area contributed by atoms with Gasteiger partial charge in [-0.3, -0.25) is 14.4 Å². The normalized spacial score (nSPS) is 12.8. The molecule has 0 aromatic carbocycles. The monoisotopic (exact) mass is 1070 g/mol. The van der Waals surface area contributed by atoms with E-state index in [1.807, 2.05) is 0 Å². The Bertz CT molecular complexity index is 1560. The van der Waals surface area contributed by atoms with Gasteiger partial charge < -0.3 is 14.2 Å². The summed E-state index contributed by atoms with van der Waals surface area (Å²) in [7, 11) is 0. The molecule has 6 heteroatoms.